The molecule has 35 heavy (non-hydrogen) atoms. The van der Waals surface area contributed by atoms with Gasteiger partial charge in [-0.1, -0.05) is 30.3 Å². The molecule has 0 bridgehead atoms. The van der Waals surface area contributed by atoms with Crippen LogP contribution in [0.25, 0.3) is 5.69 Å². The molecule has 3 rings (SSSR count). The Labute approximate surface area is 202 Å². The molecule has 0 aliphatic heterocycles. The summed E-state index contributed by atoms with van der Waals surface area (Å²) in [7, 11) is -2.30. The minimum absolute atomic E-state index is 0.0817. The highest BCUT2D eigenvalue weighted by molar-refractivity contribution is 7.57. The molecule has 1 heterocycles. The van der Waals surface area contributed by atoms with Crippen molar-refractivity contribution in [2.45, 2.75) is 26.5 Å². The molecule has 0 aliphatic carbocycles. The highest BCUT2D eigenvalue weighted by atomic mass is 31.2. The van der Waals surface area contributed by atoms with Crippen LogP contribution < -0.4 is 14.3 Å². The van der Waals surface area contributed by atoms with E-state index in [0.29, 0.717) is 11.3 Å². The lowest BCUT2D eigenvalue weighted by Gasteiger charge is -2.22. The van der Waals surface area contributed by atoms with Gasteiger partial charge < -0.3 is 23.8 Å². The van der Waals surface area contributed by atoms with Gasteiger partial charge in [0.2, 0.25) is 5.88 Å². The average Bonchev–Trinajstić information content (AvgIpc) is 3.19. The Balaban J connectivity index is 1.58. The van der Waals surface area contributed by atoms with E-state index in [2.05, 4.69) is 10.2 Å². The van der Waals surface area contributed by atoms with E-state index < -0.39 is 25.7 Å². The number of hydrogen-bond acceptors (Lipinski definition) is 8. The zero-order valence-corrected chi connectivity index (χ0v) is 20.3. The molecule has 12 heteroatoms. The Morgan fingerprint density at radius 2 is 1.83 bits per heavy atom. The van der Waals surface area contributed by atoms with Crippen molar-refractivity contribution >= 4 is 19.6 Å². The van der Waals surface area contributed by atoms with Gasteiger partial charge in [0.1, 0.15) is 24.7 Å². The molecule has 2 aromatic carbocycles. The molecule has 1 unspecified atom stereocenters. The number of rotatable bonds is 11. The van der Waals surface area contributed by atoms with Crippen LogP contribution in [0.15, 0.2) is 60.7 Å². The lowest BCUT2D eigenvalue weighted by atomic mass is 10.2. The minimum atomic E-state index is -3.63. The largest absolute Gasteiger partial charge is 0.515 e. The number of nitrogens with one attached hydrogen (secondary N) is 1. The van der Waals surface area contributed by atoms with Gasteiger partial charge in [0.25, 0.3) is 0 Å². The van der Waals surface area contributed by atoms with Gasteiger partial charge in [0.05, 0.1) is 11.4 Å². The standard InChI is InChI=1S/C23H26N3O8P/c1-16-13-21(26(24-16)19-7-5-4-6-8-19)33-23(29)32-14-18-9-11-20(12-10-18)34-35(30,15-31-3)25-17(2)22(27)28/h4-13,17H,14-15H2,1-3H3,(H,25,30)(H,27,28)/t17-,35?/m0/s1. The van der Waals surface area contributed by atoms with E-state index in [1.54, 1.807) is 25.1 Å². The van der Waals surface area contributed by atoms with Crippen molar-refractivity contribution in [1.82, 2.24) is 14.9 Å². The number of para-hydroxylation sites is 1. The summed E-state index contributed by atoms with van der Waals surface area (Å²) in [4.78, 5) is 23.3. The second-order valence-corrected chi connectivity index (χ2v) is 9.57. The summed E-state index contributed by atoms with van der Waals surface area (Å²) in [5.74, 6) is -0.727. The summed E-state index contributed by atoms with van der Waals surface area (Å²) in [6, 6.07) is 16.0. The molecule has 0 spiro atoms. The molecule has 0 amide bonds. The molecular weight excluding hydrogens is 477 g/mol. The third kappa shape index (κ3) is 7.41. The number of carbonyl (C=O) groups excluding carboxylic acids is 1. The van der Waals surface area contributed by atoms with Crippen molar-refractivity contribution in [1.29, 1.82) is 0 Å². The molecule has 0 aliphatic rings. The Bertz CT molecular complexity index is 1200. The van der Waals surface area contributed by atoms with Gasteiger partial charge in [-0.3, -0.25) is 9.36 Å². The number of nitrogens with zero attached hydrogens (tertiary/aromatic N) is 2. The first kappa shape index (κ1) is 26.0. The Morgan fingerprint density at radius 3 is 2.46 bits per heavy atom. The molecule has 186 valence electrons. The highest BCUT2D eigenvalue weighted by Gasteiger charge is 2.29. The number of carboxylic acids is 1. The predicted molar refractivity (Wildman–Crippen MR) is 126 cm³/mol. The molecule has 11 nitrogen and oxygen atoms in total. The van der Waals surface area contributed by atoms with E-state index in [1.807, 2.05) is 30.3 Å². The number of methoxy groups -OCH3 is 1. The molecule has 0 fully saturated rings. The normalized spacial score (nSPS) is 13.5. The van der Waals surface area contributed by atoms with Crippen molar-refractivity contribution in [3.63, 3.8) is 0 Å². The van der Waals surface area contributed by atoms with E-state index in [9.17, 15) is 14.2 Å². The maximum atomic E-state index is 12.9. The van der Waals surface area contributed by atoms with Crippen LogP contribution in [0.3, 0.4) is 0 Å². The smallest absolute Gasteiger partial charge is 0.480 e. The van der Waals surface area contributed by atoms with Crippen molar-refractivity contribution in [3.8, 4) is 17.3 Å². The number of aliphatic carboxylic acids is 1. The van der Waals surface area contributed by atoms with Gasteiger partial charge in [-0.2, -0.15) is 5.10 Å². The monoisotopic (exact) mass is 503 g/mol. The number of aromatic nitrogens is 2. The van der Waals surface area contributed by atoms with Crippen LogP contribution in [0.4, 0.5) is 4.79 Å². The van der Waals surface area contributed by atoms with Crippen LogP contribution >= 0.6 is 7.52 Å². The van der Waals surface area contributed by atoms with Gasteiger partial charge in [-0.25, -0.2) is 14.6 Å². The summed E-state index contributed by atoms with van der Waals surface area (Å²) < 4.78 is 35.3. The van der Waals surface area contributed by atoms with Crippen LogP contribution in [0.2, 0.25) is 0 Å². The summed E-state index contributed by atoms with van der Waals surface area (Å²) >= 11 is 0. The number of carbonyl (C=O) groups is 2. The van der Waals surface area contributed by atoms with Crippen molar-refractivity contribution in [3.05, 3.63) is 71.9 Å². The van der Waals surface area contributed by atoms with Crippen molar-refractivity contribution in [2.75, 3.05) is 13.5 Å². The fourth-order valence-corrected chi connectivity index (χ4v) is 4.67. The first-order valence-corrected chi connectivity index (χ1v) is 12.3. The molecule has 0 saturated carbocycles. The molecule has 3 aromatic rings. The van der Waals surface area contributed by atoms with E-state index in [1.165, 1.54) is 30.8 Å². The molecular formula is C23H26N3O8P. The van der Waals surface area contributed by atoms with Gasteiger partial charge in [0, 0.05) is 13.2 Å². The predicted octanol–water partition coefficient (Wildman–Crippen LogP) is 4.13. The number of aryl methyl sites for hydroxylation is 1. The number of ether oxygens (including phenoxy) is 3. The fraction of sp³-hybridized carbons (Fsp3) is 0.261. The fourth-order valence-electron chi connectivity index (χ4n) is 2.99. The van der Waals surface area contributed by atoms with Gasteiger partial charge in [0.15, 0.2) is 0 Å². The second-order valence-electron chi connectivity index (χ2n) is 7.53. The number of carboxylic acid groups (broad SMARTS) is 1. The SMILES string of the molecule is COCP(=O)(N[C@@H](C)C(=O)O)Oc1ccc(COC(=O)Oc2cc(C)nn2-c2ccccc2)cc1. The van der Waals surface area contributed by atoms with Crippen LogP contribution in [0.5, 0.6) is 11.6 Å². The Morgan fingerprint density at radius 1 is 1.14 bits per heavy atom. The van der Waals surface area contributed by atoms with E-state index in [-0.39, 0.29) is 24.6 Å². The van der Waals surface area contributed by atoms with Crippen molar-refractivity contribution in [2.24, 2.45) is 0 Å². The van der Waals surface area contributed by atoms with Gasteiger partial charge >= 0.3 is 19.6 Å². The van der Waals surface area contributed by atoms with E-state index in [0.717, 1.165) is 5.69 Å². The van der Waals surface area contributed by atoms with Gasteiger partial charge in [-0.05, 0) is 43.7 Å². The third-order valence-corrected chi connectivity index (χ3v) is 6.46. The quantitative estimate of drug-likeness (QED) is 0.290. The average molecular weight is 503 g/mol. The number of hydrogen-bond donors (Lipinski definition) is 2. The Kier molecular flexibility index (Phi) is 8.64. The van der Waals surface area contributed by atoms with Crippen LogP contribution in [-0.2, 0) is 25.4 Å². The number of benzene rings is 2. The summed E-state index contributed by atoms with van der Waals surface area (Å²) in [5, 5.41) is 15.8. The lowest BCUT2D eigenvalue weighted by molar-refractivity contribution is -0.138. The molecule has 0 radical (unpaired) electrons. The maximum absolute atomic E-state index is 12.9. The second kappa shape index (κ2) is 11.7. The summed E-state index contributed by atoms with van der Waals surface area (Å²) in [6.07, 6.45) is -1.22. The molecule has 2 atom stereocenters. The van der Waals surface area contributed by atoms with E-state index in [4.69, 9.17) is 23.8 Å². The zero-order chi connectivity index (χ0) is 25.4. The van der Waals surface area contributed by atoms with Crippen LogP contribution in [-0.4, -0.2) is 46.5 Å². The summed E-state index contributed by atoms with van der Waals surface area (Å²) in [6.45, 7) is 3.05. The molecule has 1 aromatic heterocycles. The third-order valence-electron chi connectivity index (χ3n) is 4.58. The minimum Gasteiger partial charge on any atom is -0.480 e. The van der Waals surface area contributed by atoms with Crippen LogP contribution in [0, 0.1) is 6.92 Å². The topological polar surface area (TPSA) is 138 Å². The first-order valence-electron chi connectivity index (χ1n) is 10.5. The molecule has 0 saturated heterocycles. The Hall–Kier alpha value is -3.66. The first-order chi connectivity index (χ1) is 16.7. The molecule has 2 N–H and O–H groups in total. The maximum Gasteiger partial charge on any atom is 0.515 e. The summed E-state index contributed by atoms with van der Waals surface area (Å²) in [5.41, 5.74) is 2.03. The van der Waals surface area contributed by atoms with Crippen molar-refractivity contribution < 1.29 is 38.0 Å². The highest BCUT2D eigenvalue weighted by Crippen LogP contribution is 2.43. The lowest BCUT2D eigenvalue weighted by Crippen LogP contribution is -2.33. The van der Waals surface area contributed by atoms with Gasteiger partial charge in [-0.15, -0.1) is 0 Å². The van der Waals surface area contributed by atoms with Crippen LogP contribution in [0.1, 0.15) is 18.2 Å². The zero-order valence-electron chi connectivity index (χ0n) is 19.4. The van der Waals surface area contributed by atoms with E-state index >= 15 is 0 Å².